The molecule has 0 unspecified atom stereocenters. The fourth-order valence-electron chi connectivity index (χ4n) is 3.85. The molecule has 13 heteroatoms. The molecule has 0 bridgehead atoms. The lowest BCUT2D eigenvalue weighted by Crippen LogP contribution is -2.51. The number of sulfonamides is 1. The quantitative estimate of drug-likeness (QED) is 0.314. The Bertz CT molecular complexity index is 1470. The Morgan fingerprint density at radius 3 is 2.17 bits per heavy atom. The molecule has 7 nitrogen and oxygen atoms in total. The van der Waals surface area contributed by atoms with Crippen LogP contribution in [0.4, 0.5) is 18.9 Å². The molecule has 0 aromatic heterocycles. The van der Waals surface area contributed by atoms with Crippen LogP contribution in [0.2, 0.25) is 10.0 Å². The van der Waals surface area contributed by atoms with Crippen LogP contribution in [0, 0.1) is 0 Å². The van der Waals surface area contributed by atoms with Gasteiger partial charge in [-0.3, -0.25) is 13.9 Å². The standard InChI is InChI=1S/C27H26Cl2F3N3O4S/c1-3-33-26(37)18(2)34(16-19-9-7-8-12-23(19)28)25(36)17-35(40(38,39)21-10-5-4-6-11-21)20-13-14-24(29)22(15-20)27(30,31)32/h4-15,18H,3,16-17H2,1-2H3,(H,33,37)/t18-/m1/s1. The number of likely N-dealkylation sites (N-methyl/N-ethyl adjacent to an activating group) is 1. The molecule has 0 fully saturated rings. The van der Waals surface area contributed by atoms with Crippen molar-refractivity contribution < 1.29 is 31.2 Å². The van der Waals surface area contributed by atoms with Crippen LogP contribution in [0.3, 0.4) is 0 Å². The van der Waals surface area contributed by atoms with Crippen molar-refractivity contribution in [3.8, 4) is 0 Å². The molecule has 0 spiro atoms. The van der Waals surface area contributed by atoms with Gasteiger partial charge < -0.3 is 10.2 Å². The molecule has 0 aliphatic heterocycles. The lowest BCUT2D eigenvalue weighted by atomic mass is 10.1. The molecule has 3 aromatic carbocycles. The van der Waals surface area contributed by atoms with Crippen LogP contribution in [0.15, 0.2) is 77.7 Å². The highest BCUT2D eigenvalue weighted by Crippen LogP contribution is 2.38. The second-order valence-electron chi connectivity index (χ2n) is 8.67. The molecule has 0 radical (unpaired) electrons. The Balaban J connectivity index is 2.12. The molecule has 40 heavy (non-hydrogen) atoms. The van der Waals surface area contributed by atoms with Gasteiger partial charge in [0.2, 0.25) is 11.8 Å². The van der Waals surface area contributed by atoms with E-state index in [9.17, 15) is 31.2 Å². The van der Waals surface area contributed by atoms with Crippen molar-refractivity contribution in [2.75, 3.05) is 17.4 Å². The summed E-state index contributed by atoms with van der Waals surface area (Å²) in [7, 11) is -4.55. The van der Waals surface area contributed by atoms with Gasteiger partial charge in [0.15, 0.2) is 0 Å². The lowest BCUT2D eigenvalue weighted by Gasteiger charge is -2.32. The molecule has 3 rings (SSSR count). The van der Waals surface area contributed by atoms with Gasteiger partial charge in [-0.05, 0) is 55.8 Å². The number of alkyl halides is 3. The summed E-state index contributed by atoms with van der Waals surface area (Å²) in [5.41, 5.74) is -1.22. The maximum Gasteiger partial charge on any atom is 0.417 e. The number of amides is 2. The first-order valence-electron chi connectivity index (χ1n) is 12.0. The molecule has 214 valence electrons. The maximum atomic E-state index is 13.8. The van der Waals surface area contributed by atoms with E-state index in [1.807, 2.05) is 0 Å². The summed E-state index contributed by atoms with van der Waals surface area (Å²) in [6, 6.07) is 15.0. The highest BCUT2D eigenvalue weighted by atomic mass is 35.5. The summed E-state index contributed by atoms with van der Waals surface area (Å²) >= 11 is 12.0. The molecule has 1 N–H and O–H groups in total. The molecule has 2 amide bonds. The summed E-state index contributed by atoms with van der Waals surface area (Å²) < 4.78 is 69.0. The van der Waals surface area contributed by atoms with Gasteiger partial charge in [0.1, 0.15) is 12.6 Å². The minimum absolute atomic E-state index is 0.162. The van der Waals surface area contributed by atoms with E-state index < -0.39 is 56.9 Å². The molecular formula is C27H26Cl2F3N3O4S. The van der Waals surface area contributed by atoms with E-state index >= 15 is 0 Å². The van der Waals surface area contributed by atoms with Gasteiger partial charge in [0.05, 0.1) is 21.2 Å². The minimum atomic E-state index is -4.89. The normalized spacial score (nSPS) is 12.5. The number of halogens is 5. The number of anilines is 1. The molecule has 0 aliphatic rings. The molecule has 0 saturated heterocycles. The number of benzene rings is 3. The molecule has 1 atom stereocenters. The summed E-state index contributed by atoms with van der Waals surface area (Å²) in [6.45, 7) is 2.35. The third kappa shape index (κ3) is 7.26. The monoisotopic (exact) mass is 615 g/mol. The van der Waals surface area contributed by atoms with Crippen molar-refractivity contribution >= 4 is 50.7 Å². The average Bonchev–Trinajstić information content (AvgIpc) is 2.91. The lowest BCUT2D eigenvalue weighted by molar-refractivity contribution is -0.139. The zero-order chi connectivity index (χ0) is 29.7. The molecule has 3 aromatic rings. The molecule has 0 aliphatic carbocycles. The van der Waals surface area contributed by atoms with Gasteiger partial charge in [0, 0.05) is 18.1 Å². The van der Waals surface area contributed by atoms with Crippen LogP contribution in [-0.4, -0.2) is 44.3 Å². The Morgan fingerprint density at radius 1 is 0.950 bits per heavy atom. The van der Waals surface area contributed by atoms with Crippen LogP contribution in [0.5, 0.6) is 0 Å². The first-order chi connectivity index (χ1) is 18.8. The van der Waals surface area contributed by atoms with Crippen LogP contribution < -0.4 is 9.62 Å². The van der Waals surface area contributed by atoms with Crippen LogP contribution in [-0.2, 0) is 32.3 Å². The van der Waals surface area contributed by atoms with Crippen molar-refractivity contribution in [1.29, 1.82) is 0 Å². The van der Waals surface area contributed by atoms with Crippen molar-refractivity contribution in [1.82, 2.24) is 10.2 Å². The third-order valence-corrected chi connectivity index (χ3v) is 8.46. The largest absolute Gasteiger partial charge is 0.417 e. The highest BCUT2D eigenvalue weighted by Gasteiger charge is 2.37. The molecule has 0 saturated carbocycles. The molecule has 0 heterocycles. The topological polar surface area (TPSA) is 86.8 Å². The number of nitrogens with zero attached hydrogens (tertiary/aromatic N) is 2. The van der Waals surface area contributed by atoms with E-state index in [1.165, 1.54) is 31.2 Å². The number of carbonyl (C=O) groups is 2. The van der Waals surface area contributed by atoms with Gasteiger partial charge in [-0.1, -0.05) is 59.6 Å². The van der Waals surface area contributed by atoms with Gasteiger partial charge in [0.25, 0.3) is 10.0 Å². The van der Waals surface area contributed by atoms with Crippen molar-refractivity contribution in [2.24, 2.45) is 0 Å². The first-order valence-corrected chi connectivity index (χ1v) is 14.2. The van der Waals surface area contributed by atoms with Gasteiger partial charge in [-0.2, -0.15) is 13.2 Å². The van der Waals surface area contributed by atoms with Gasteiger partial charge >= 0.3 is 6.18 Å². The predicted molar refractivity (Wildman–Crippen MR) is 148 cm³/mol. The third-order valence-electron chi connectivity index (χ3n) is 5.97. The van der Waals surface area contributed by atoms with Crippen molar-refractivity contribution in [3.63, 3.8) is 0 Å². The molecular weight excluding hydrogens is 590 g/mol. The smallest absolute Gasteiger partial charge is 0.355 e. The van der Waals surface area contributed by atoms with E-state index in [4.69, 9.17) is 23.2 Å². The van der Waals surface area contributed by atoms with Gasteiger partial charge in [-0.15, -0.1) is 0 Å². The Hall–Kier alpha value is -3.28. The van der Waals surface area contributed by atoms with E-state index in [2.05, 4.69) is 5.32 Å². The minimum Gasteiger partial charge on any atom is -0.355 e. The Morgan fingerprint density at radius 2 is 1.57 bits per heavy atom. The van der Waals surface area contributed by atoms with Crippen LogP contribution in [0.1, 0.15) is 25.0 Å². The fourth-order valence-corrected chi connectivity index (χ4v) is 5.70. The van der Waals surface area contributed by atoms with Crippen LogP contribution in [0.25, 0.3) is 0 Å². The van der Waals surface area contributed by atoms with Gasteiger partial charge in [-0.25, -0.2) is 8.42 Å². The number of nitrogens with one attached hydrogen (secondary N) is 1. The fraction of sp³-hybridized carbons (Fsp3) is 0.259. The van der Waals surface area contributed by atoms with E-state index in [1.54, 1.807) is 37.3 Å². The van der Waals surface area contributed by atoms with E-state index in [0.717, 1.165) is 17.0 Å². The average molecular weight is 616 g/mol. The predicted octanol–water partition coefficient (Wildman–Crippen LogP) is 5.76. The zero-order valence-corrected chi connectivity index (χ0v) is 23.8. The maximum absolute atomic E-state index is 13.8. The summed E-state index contributed by atoms with van der Waals surface area (Å²) in [4.78, 5) is 27.4. The van der Waals surface area contributed by atoms with Crippen LogP contribution >= 0.6 is 23.2 Å². The second kappa shape index (κ2) is 12.9. The Labute approximate surface area is 240 Å². The van der Waals surface area contributed by atoms with E-state index in [-0.39, 0.29) is 18.0 Å². The highest BCUT2D eigenvalue weighted by molar-refractivity contribution is 7.92. The summed E-state index contributed by atoms with van der Waals surface area (Å²) in [5, 5.41) is 2.29. The second-order valence-corrected chi connectivity index (χ2v) is 11.3. The Kier molecular flexibility index (Phi) is 10.1. The number of hydrogen-bond acceptors (Lipinski definition) is 4. The SMILES string of the molecule is CCNC(=O)[C@@H](C)N(Cc1ccccc1Cl)C(=O)CN(c1ccc(Cl)c(C(F)(F)F)c1)S(=O)(=O)c1ccccc1. The number of carbonyl (C=O) groups excluding carboxylic acids is 2. The number of hydrogen-bond donors (Lipinski definition) is 1. The summed E-state index contributed by atoms with van der Waals surface area (Å²) in [5.74, 6) is -1.35. The van der Waals surface area contributed by atoms with E-state index in [0.29, 0.717) is 21.0 Å². The summed E-state index contributed by atoms with van der Waals surface area (Å²) in [6.07, 6.45) is -4.89. The number of rotatable bonds is 10. The zero-order valence-electron chi connectivity index (χ0n) is 21.5. The first kappa shape index (κ1) is 31.3. The van der Waals surface area contributed by atoms with Crippen molar-refractivity contribution in [2.45, 2.75) is 37.5 Å². The van der Waals surface area contributed by atoms with Crippen molar-refractivity contribution in [3.05, 3.63) is 94.0 Å².